The van der Waals surface area contributed by atoms with E-state index in [1.54, 1.807) is 24.4 Å². The van der Waals surface area contributed by atoms with Gasteiger partial charge in [-0.05, 0) is 31.2 Å². The second-order valence-electron chi connectivity index (χ2n) is 3.51. The van der Waals surface area contributed by atoms with Gasteiger partial charge in [0.1, 0.15) is 5.75 Å². The molecule has 0 radical (unpaired) electrons. The molecule has 0 spiro atoms. The molecule has 0 fully saturated rings. The minimum absolute atomic E-state index is 0.00182. The summed E-state index contributed by atoms with van der Waals surface area (Å²) in [5.41, 5.74) is 1.42. The third kappa shape index (κ3) is 2.57. The SMILES string of the molecule is Cc1cc(NC(=O)c2ncccc2O)ccn1. The Kier molecular flexibility index (Phi) is 3.00. The van der Waals surface area contributed by atoms with Gasteiger partial charge in [0.05, 0.1) is 0 Å². The summed E-state index contributed by atoms with van der Waals surface area (Å²) in [5.74, 6) is -0.593. The highest BCUT2D eigenvalue weighted by molar-refractivity contribution is 6.04. The van der Waals surface area contributed by atoms with Crippen LogP contribution in [0.5, 0.6) is 5.75 Å². The molecule has 0 bridgehead atoms. The summed E-state index contributed by atoms with van der Waals surface area (Å²) in [4.78, 5) is 19.6. The van der Waals surface area contributed by atoms with Crippen molar-refractivity contribution in [2.75, 3.05) is 5.32 Å². The Morgan fingerprint density at radius 3 is 2.82 bits per heavy atom. The highest BCUT2D eigenvalue weighted by Crippen LogP contribution is 2.15. The van der Waals surface area contributed by atoms with E-state index < -0.39 is 5.91 Å². The van der Waals surface area contributed by atoms with Gasteiger partial charge in [-0.15, -0.1) is 0 Å². The molecule has 0 saturated heterocycles. The molecule has 0 atom stereocenters. The van der Waals surface area contributed by atoms with Gasteiger partial charge in [0.2, 0.25) is 0 Å². The molecule has 0 aliphatic rings. The minimum atomic E-state index is -0.450. The summed E-state index contributed by atoms with van der Waals surface area (Å²) in [6.07, 6.45) is 3.05. The molecule has 0 saturated carbocycles. The van der Waals surface area contributed by atoms with Gasteiger partial charge in [0.15, 0.2) is 5.69 Å². The van der Waals surface area contributed by atoms with E-state index in [4.69, 9.17) is 0 Å². The zero-order valence-electron chi connectivity index (χ0n) is 9.21. The van der Waals surface area contributed by atoms with Crippen LogP contribution in [0.4, 0.5) is 5.69 Å². The third-order valence-corrected chi connectivity index (χ3v) is 2.16. The maximum atomic E-state index is 11.8. The molecule has 0 aliphatic heterocycles. The van der Waals surface area contributed by atoms with Gasteiger partial charge in [0.25, 0.3) is 5.91 Å². The van der Waals surface area contributed by atoms with Crippen LogP contribution in [0.25, 0.3) is 0 Å². The first-order chi connectivity index (χ1) is 8.16. The largest absolute Gasteiger partial charge is 0.505 e. The lowest BCUT2D eigenvalue weighted by atomic mass is 10.3. The number of amides is 1. The fourth-order valence-electron chi connectivity index (χ4n) is 1.39. The Labute approximate surface area is 98.2 Å². The minimum Gasteiger partial charge on any atom is -0.505 e. The normalized spacial score (nSPS) is 9.94. The summed E-state index contributed by atoms with van der Waals surface area (Å²) >= 11 is 0. The number of nitrogens with zero attached hydrogens (tertiary/aromatic N) is 2. The van der Waals surface area contributed by atoms with Crippen LogP contribution in [0.3, 0.4) is 0 Å². The number of aryl methyl sites for hydroxylation is 1. The molecule has 17 heavy (non-hydrogen) atoms. The summed E-state index contributed by atoms with van der Waals surface area (Å²) in [7, 11) is 0. The number of rotatable bonds is 2. The Balaban J connectivity index is 2.20. The first kappa shape index (κ1) is 11.1. The molecule has 0 unspecified atom stereocenters. The summed E-state index contributed by atoms with van der Waals surface area (Å²) in [6, 6.07) is 6.38. The topological polar surface area (TPSA) is 75.1 Å². The van der Waals surface area contributed by atoms with E-state index in [9.17, 15) is 9.90 Å². The molecule has 2 aromatic heterocycles. The first-order valence-corrected chi connectivity index (χ1v) is 5.05. The van der Waals surface area contributed by atoms with Crippen LogP contribution in [-0.2, 0) is 0 Å². The van der Waals surface area contributed by atoms with E-state index in [0.29, 0.717) is 5.69 Å². The number of hydrogen-bond acceptors (Lipinski definition) is 4. The molecule has 0 aromatic carbocycles. The second kappa shape index (κ2) is 4.61. The fourth-order valence-corrected chi connectivity index (χ4v) is 1.39. The van der Waals surface area contributed by atoms with Crippen molar-refractivity contribution in [1.82, 2.24) is 9.97 Å². The van der Waals surface area contributed by atoms with Crippen LogP contribution in [0, 0.1) is 6.92 Å². The molecule has 1 amide bonds. The van der Waals surface area contributed by atoms with Crippen LogP contribution in [0.1, 0.15) is 16.2 Å². The number of nitrogens with one attached hydrogen (secondary N) is 1. The summed E-state index contributed by atoms with van der Waals surface area (Å²) in [5, 5.41) is 12.1. The van der Waals surface area contributed by atoms with Gasteiger partial charge in [-0.25, -0.2) is 4.98 Å². The average molecular weight is 229 g/mol. The molecule has 5 nitrogen and oxygen atoms in total. The number of aromatic hydroxyl groups is 1. The van der Waals surface area contributed by atoms with Gasteiger partial charge < -0.3 is 10.4 Å². The van der Waals surface area contributed by atoms with E-state index in [1.165, 1.54) is 12.3 Å². The van der Waals surface area contributed by atoms with Gasteiger partial charge in [-0.3, -0.25) is 9.78 Å². The highest BCUT2D eigenvalue weighted by atomic mass is 16.3. The van der Waals surface area contributed by atoms with Crippen molar-refractivity contribution in [2.24, 2.45) is 0 Å². The van der Waals surface area contributed by atoms with Crippen LogP contribution >= 0.6 is 0 Å². The van der Waals surface area contributed by atoms with Crippen molar-refractivity contribution in [2.45, 2.75) is 6.92 Å². The van der Waals surface area contributed by atoms with Crippen molar-refractivity contribution >= 4 is 11.6 Å². The Morgan fingerprint density at radius 2 is 2.12 bits per heavy atom. The third-order valence-electron chi connectivity index (χ3n) is 2.16. The quantitative estimate of drug-likeness (QED) is 0.822. The molecule has 2 aromatic rings. The lowest BCUT2D eigenvalue weighted by Crippen LogP contribution is -2.13. The molecule has 86 valence electrons. The smallest absolute Gasteiger partial charge is 0.278 e. The molecule has 5 heteroatoms. The number of carbonyl (C=O) groups excluding carboxylic acids is 1. The van der Waals surface area contributed by atoms with Crippen molar-refractivity contribution in [3.05, 3.63) is 48.0 Å². The molecule has 2 rings (SSSR count). The van der Waals surface area contributed by atoms with Crippen LogP contribution < -0.4 is 5.32 Å². The van der Waals surface area contributed by atoms with Crippen LogP contribution in [-0.4, -0.2) is 21.0 Å². The maximum Gasteiger partial charge on any atom is 0.278 e. The lowest BCUT2D eigenvalue weighted by molar-refractivity contribution is 0.101. The molecule has 0 aliphatic carbocycles. The number of hydrogen-bond donors (Lipinski definition) is 2. The number of aromatic nitrogens is 2. The van der Waals surface area contributed by atoms with Crippen LogP contribution in [0.2, 0.25) is 0 Å². The Bertz CT molecular complexity index is 555. The van der Waals surface area contributed by atoms with E-state index >= 15 is 0 Å². The van der Waals surface area contributed by atoms with Crippen molar-refractivity contribution in [3.63, 3.8) is 0 Å². The standard InChI is InChI=1S/C12H11N3O2/c1-8-7-9(4-6-13-8)15-12(17)11-10(16)3-2-5-14-11/h2-7,16H,1H3,(H,13,15,17). The van der Waals surface area contributed by atoms with Crippen molar-refractivity contribution < 1.29 is 9.90 Å². The lowest BCUT2D eigenvalue weighted by Gasteiger charge is -2.05. The number of carbonyl (C=O) groups is 1. The second-order valence-corrected chi connectivity index (χ2v) is 3.51. The van der Waals surface area contributed by atoms with Gasteiger partial charge in [-0.1, -0.05) is 0 Å². The maximum absolute atomic E-state index is 11.8. The first-order valence-electron chi connectivity index (χ1n) is 5.05. The number of anilines is 1. The number of pyridine rings is 2. The molecular formula is C12H11N3O2. The molecule has 2 N–H and O–H groups in total. The summed E-state index contributed by atoms with van der Waals surface area (Å²) < 4.78 is 0. The predicted octanol–water partition coefficient (Wildman–Crippen LogP) is 1.74. The molecular weight excluding hydrogens is 218 g/mol. The highest BCUT2D eigenvalue weighted by Gasteiger charge is 2.12. The van der Waals surface area contributed by atoms with Crippen molar-refractivity contribution in [1.29, 1.82) is 0 Å². The van der Waals surface area contributed by atoms with Crippen molar-refractivity contribution in [3.8, 4) is 5.75 Å². The Morgan fingerprint density at radius 1 is 1.29 bits per heavy atom. The summed E-state index contributed by atoms with van der Waals surface area (Å²) in [6.45, 7) is 1.83. The van der Waals surface area contributed by atoms with Gasteiger partial charge in [-0.2, -0.15) is 0 Å². The average Bonchev–Trinajstić information content (AvgIpc) is 2.29. The fraction of sp³-hybridized carbons (Fsp3) is 0.0833. The Hall–Kier alpha value is -2.43. The van der Waals surface area contributed by atoms with Gasteiger partial charge in [0, 0.05) is 23.8 Å². The zero-order chi connectivity index (χ0) is 12.3. The predicted molar refractivity (Wildman–Crippen MR) is 62.8 cm³/mol. The van der Waals surface area contributed by atoms with E-state index in [2.05, 4.69) is 15.3 Å². The molecule has 2 heterocycles. The zero-order valence-corrected chi connectivity index (χ0v) is 9.21. The monoisotopic (exact) mass is 229 g/mol. The van der Waals surface area contributed by atoms with Crippen LogP contribution in [0.15, 0.2) is 36.7 Å². The van der Waals surface area contributed by atoms with E-state index in [0.717, 1.165) is 5.69 Å². The van der Waals surface area contributed by atoms with E-state index in [-0.39, 0.29) is 11.4 Å². The van der Waals surface area contributed by atoms with E-state index in [1.807, 2.05) is 6.92 Å². The van der Waals surface area contributed by atoms with Gasteiger partial charge >= 0.3 is 0 Å².